The molecule has 1 aliphatic heterocycles. The molecule has 0 saturated carbocycles. The molecule has 0 aromatic carbocycles. The van der Waals surface area contributed by atoms with Gasteiger partial charge in [0.05, 0.1) is 0 Å². The molecule has 3 aromatic rings. The highest BCUT2D eigenvalue weighted by Gasteiger charge is 2.33. The molecule has 12 nitrogen and oxygen atoms in total. The summed E-state index contributed by atoms with van der Waals surface area (Å²) in [5.41, 5.74) is -1.52. The number of pyridine rings is 2. The standard InChI is InChI=1S/C21H24N6O6/c1-11(2)24-8-9-25-15(10-14(28)17(29)16(25)19(24)30)23(4)12(3)27-21(33)26-7-5-6-13(20(31)32)18(26)22-27/h5-7,10-12,29H,8-9H2,1-4H3,(H,31,32). The number of anilines is 1. The molecule has 0 spiro atoms. The van der Waals surface area contributed by atoms with Gasteiger partial charge >= 0.3 is 11.7 Å². The molecule has 4 heterocycles. The minimum atomic E-state index is -1.22. The quantitative estimate of drug-likeness (QED) is 0.568. The fourth-order valence-electron chi connectivity index (χ4n) is 4.07. The Bertz CT molecular complexity index is 1400. The number of amides is 1. The van der Waals surface area contributed by atoms with Crippen LogP contribution in [-0.4, -0.2) is 65.4 Å². The number of hydrogen-bond acceptors (Lipinski definition) is 7. The lowest BCUT2D eigenvalue weighted by Crippen LogP contribution is -2.46. The minimum Gasteiger partial charge on any atom is -0.503 e. The van der Waals surface area contributed by atoms with Crippen molar-refractivity contribution < 1.29 is 19.8 Å². The van der Waals surface area contributed by atoms with Gasteiger partial charge in [-0.2, -0.15) is 4.68 Å². The molecule has 1 atom stereocenters. The third-order valence-electron chi connectivity index (χ3n) is 5.99. The summed E-state index contributed by atoms with van der Waals surface area (Å²) in [4.78, 5) is 53.1. The summed E-state index contributed by atoms with van der Waals surface area (Å²) in [7, 11) is 1.62. The molecule has 33 heavy (non-hydrogen) atoms. The molecule has 0 saturated heterocycles. The van der Waals surface area contributed by atoms with E-state index in [9.17, 15) is 29.4 Å². The van der Waals surface area contributed by atoms with Crippen LogP contribution in [0, 0.1) is 0 Å². The van der Waals surface area contributed by atoms with Gasteiger partial charge in [0.1, 0.15) is 17.5 Å². The molecule has 2 N–H and O–H groups in total. The maximum Gasteiger partial charge on any atom is 0.352 e. The SMILES string of the molecule is CC(C)N1CCn2c(N(C)C(C)n3nc4c(C(=O)O)cccn4c3=O)cc(=O)c(O)c2C1=O. The van der Waals surface area contributed by atoms with E-state index < -0.39 is 34.9 Å². The smallest absolute Gasteiger partial charge is 0.352 e. The van der Waals surface area contributed by atoms with Gasteiger partial charge in [-0.05, 0) is 32.9 Å². The van der Waals surface area contributed by atoms with E-state index in [0.29, 0.717) is 18.9 Å². The molecule has 1 aliphatic rings. The van der Waals surface area contributed by atoms with Crippen LogP contribution in [0.4, 0.5) is 5.82 Å². The lowest BCUT2D eigenvalue weighted by molar-refractivity contribution is 0.0640. The number of hydrogen-bond donors (Lipinski definition) is 2. The molecule has 174 valence electrons. The van der Waals surface area contributed by atoms with Gasteiger partial charge < -0.3 is 24.6 Å². The van der Waals surface area contributed by atoms with Crippen molar-refractivity contribution in [1.29, 1.82) is 0 Å². The first kappa shape index (κ1) is 22.1. The molecule has 0 radical (unpaired) electrons. The Morgan fingerprint density at radius 1 is 1.18 bits per heavy atom. The summed E-state index contributed by atoms with van der Waals surface area (Å²) in [6, 6.07) is 3.89. The predicted octanol–water partition coefficient (Wildman–Crippen LogP) is 0.581. The van der Waals surface area contributed by atoms with E-state index >= 15 is 0 Å². The zero-order chi connectivity index (χ0) is 24.2. The highest BCUT2D eigenvalue weighted by Crippen LogP contribution is 2.28. The van der Waals surface area contributed by atoms with Crippen molar-refractivity contribution in [2.24, 2.45) is 0 Å². The third-order valence-corrected chi connectivity index (χ3v) is 5.99. The molecule has 0 fully saturated rings. The van der Waals surface area contributed by atoms with Crippen LogP contribution >= 0.6 is 0 Å². The van der Waals surface area contributed by atoms with E-state index in [4.69, 9.17) is 0 Å². The zero-order valence-corrected chi connectivity index (χ0v) is 18.6. The minimum absolute atomic E-state index is 0.0112. The van der Waals surface area contributed by atoms with Gasteiger partial charge in [0.15, 0.2) is 17.1 Å². The lowest BCUT2D eigenvalue weighted by atomic mass is 10.1. The first-order chi connectivity index (χ1) is 15.5. The van der Waals surface area contributed by atoms with Crippen LogP contribution in [0.1, 0.15) is 47.8 Å². The van der Waals surface area contributed by atoms with Gasteiger partial charge in [-0.15, -0.1) is 5.10 Å². The van der Waals surface area contributed by atoms with Crippen molar-refractivity contribution in [3.05, 3.63) is 56.4 Å². The molecule has 0 bridgehead atoms. The molecule has 1 amide bonds. The van der Waals surface area contributed by atoms with Crippen LogP contribution < -0.4 is 16.0 Å². The summed E-state index contributed by atoms with van der Waals surface area (Å²) in [5.74, 6) is -1.97. The number of carbonyl (C=O) groups excluding carboxylic acids is 1. The second kappa shape index (κ2) is 7.80. The average Bonchev–Trinajstić information content (AvgIpc) is 3.11. The summed E-state index contributed by atoms with van der Waals surface area (Å²) in [6.45, 7) is 6.08. The molecule has 4 rings (SSSR count). The van der Waals surface area contributed by atoms with Gasteiger partial charge in [0, 0.05) is 38.4 Å². The summed E-state index contributed by atoms with van der Waals surface area (Å²) in [5, 5.41) is 24.0. The first-order valence-electron chi connectivity index (χ1n) is 10.4. The predicted molar refractivity (Wildman–Crippen MR) is 118 cm³/mol. The van der Waals surface area contributed by atoms with Crippen LogP contribution in [0.2, 0.25) is 0 Å². The van der Waals surface area contributed by atoms with E-state index in [1.165, 1.54) is 24.4 Å². The van der Waals surface area contributed by atoms with E-state index in [0.717, 1.165) is 9.08 Å². The van der Waals surface area contributed by atoms with Crippen molar-refractivity contribution in [3.8, 4) is 5.75 Å². The Balaban J connectivity index is 1.83. The van der Waals surface area contributed by atoms with Gasteiger partial charge in [0.25, 0.3) is 5.91 Å². The number of aromatic carboxylic acids is 1. The maximum atomic E-state index is 13.0. The van der Waals surface area contributed by atoms with Crippen molar-refractivity contribution in [2.75, 3.05) is 18.5 Å². The molecule has 3 aromatic heterocycles. The number of rotatable bonds is 5. The van der Waals surface area contributed by atoms with Crippen LogP contribution in [-0.2, 0) is 6.54 Å². The average molecular weight is 456 g/mol. The zero-order valence-electron chi connectivity index (χ0n) is 18.6. The number of fused-ring (bicyclic) bond motifs is 2. The topological polar surface area (TPSA) is 142 Å². The molecular weight excluding hydrogens is 432 g/mol. The van der Waals surface area contributed by atoms with Gasteiger partial charge in [0.2, 0.25) is 5.43 Å². The number of aromatic nitrogens is 4. The van der Waals surface area contributed by atoms with E-state index in [2.05, 4.69) is 5.10 Å². The van der Waals surface area contributed by atoms with Gasteiger partial charge in [-0.1, -0.05) is 0 Å². The second-order valence-electron chi connectivity index (χ2n) is 8.20. The Hall–Kier alpha value is -4.09. The second-order valence-corrected chi connectivity index (χ2v) is 8.20. The van der Waals surface area contributed by atoms with E-state index in [1.807, 2.05) is 13.8 Å². The Labute approximate surface area is 187 Å². The largest absolute Gasteiger partial charge is 0.503 e. The monoisotopic (exact) mass is 456 g/mol. The summed E-state index contributed by atoms with van der Waals surface area (Å²) < 4.78 is 3.80. The highest BCUT2D eigenvalue weighted by atomic mass is 16.4. The number of nitrogens with zero attached hydrogens (tertiary/aromatic N) is 6. The molecule has 1 unspecified atom stereocenters. The maximum absolute atomic E-state index is 13.0. The van der Waals surface area contributed by atoms with Crippen molar-refractivity contribution in [3.63, 3.8) is 0 Å². The van der Waals surface area contributed by atoms with E-state index in [1.54, 1.807) is 28.3 Å². The third kappa shape index (κ3) is 3.34. The number of carboxylic acid groups (broad SMARTS) is 1. The molecule has 12 heteroatoms. The summed E-state index contributed by atoms with van der Waals surface area (Å²) >= 11 is 0. The number of aromatic hydroxyl groups is 1. The van der Waals surface area contributed by atoms with Gasteiger partial charge in [-0.25, -0.2) is 14.0 Å². The Kier molecular flexibility index (Phi) is 5.23. The number of carbonyl (C=O) groups is 2. The van der Waals surface area contributed by atoms with Crippen LogP contribution in [0.3, 0.4) is 0 Å². The van der Waals surface area contributed by atoms with Crippen LogP contribution in [0.15, 0.2) is 34.0 Å². The van der Waals surface area contributed by atoms with Crippen molar-refractivity contribution in [1.82, 2.24) is 23.6 Å². The fourth-order valence-corrected chi connectivity index (χ4v) is 4.07. The van der Waals surface area contributed by atoms with Crippen LogP contribution in [0.25, 0.3) is 5.65 Å². The normalized spacial score (nSPS) is 14.6. The summed E-state index contributed by atoms with van der Waals surface area (Å²) in [6.07, 6.45) is 0.671. The number of carboxylic acids is 1. The first-order valence-corrected chi connectivity index (χ1v) is 10.4. The molecule has 0 aliphatic carbocycles. The van der Waals surface area contributed by atoms with Gasteiger partial charge in [-0.3, -0.25) is 9.59 Å². The molecular formula is C21H24N6O6. The van der Waals surface area contributed by atoms with Crippen LogP contribution in [0.5, 0.6) is 5.75 Å². The Morgan fingerprint density at radius 3 is 2.52 bits per heavy atom. The lowest BCUT2D eigenvalue weighted by Gasteiger charge is -2.37. The van der Waals surface area contributed by atoms with Crippen molar-refractivity contribution in [2.45, 2.75) is 39.5 Å². The fraction of sp³-hybridized carbons (Fsp3) is 0.381. The highest BCUT2D eigenvalue weighted by molar-refractivity contribution is 5.96. The van der Waals surface area contributed by atoms with Crippen molar-refractivity contribution >= 4 is 23.3 Å². The Morgan fingerprint density at radius 2 is 1.88 bits per heavy atom. The van der Waals surface area contributed by atoms with E-state index in [-0.39, 0.29) is 22.9 Å².